The molecule has 0 amide bonds. The lowest BCUT2D eigenvalue weighted by molar-refractivity contribution is -0.138. The topological polar surface area (TPSA) is 63.6 Å². The highest BCUT2D eigenvalue weighted by atomic mass is 79.9. The van der Waals surface area contributed by atoms with E-state index in [-0.39, 0.29) is 18.1 Å². The van der Waals surface area contributed by atoms with Crippen LogP contribution in [0.2, 0.25) is 0 Å². The monoisotopic (exact) mass is 417 g/mol. The highest BCUT2D eigenvalue weighted by Crippen LogP contribution is 2.36. The Bertz CT molecular complexity index is 911. The fraction of sp³-hybridized carbons (Fsp3) is 0.211. The van der Waals surface area contributed by atoms with Crippen molar-refractivity contribution in [3.63, 3.8) is 0 Å². The number of hydrogen-bond acceptors (Lipinski definition) is 5. The second kappa shape index (κ2) is 7.78. The second-order valence-electron chi connectivity index (χ2n) is 5.62. The van der Waals surface area contributed by atoms with Crippen LogP contribution in [0.3, 0.4) is 0 Å². The van der Waals surface area contributed by atoms with Crippen LogP contribution in [0.4, 0.5) is 4.39 Å². The van der Waals surface area contributed by atoms with Crippen molar-refractivity contribution in [2.45, 2.75) is 19.9 Å². The number of carbonyl (C=O) groups excluding carboxylic acids is 1. The molecule has 1 N–H and O–H groups in total. The van der Waals surface area contributed by atoms with Gasteiger partial charge in [0.25, 0.3) is 0 Å². The van der Waals surface area contributed by atoms with E-state index in [0.29, 0.717) is 11.3 Å². The van der Waals surface area contributed by atoms with Gasteiger partial charge in [0.1, 0.15) is 11.7 Å². The largest absolute Gasteiger partial charge is 0.463 e. The summed E-state index contributed by atoms with van der Waals surface area (Å²) in [5.74, 6) is -0.672. The van der Waals surface area contributed by atoms with Gasteiger partial charge in [0.2, 0.25) is 0 Å². The number of rotatable bonds is 4. The number of halogens is 2. The van der Waals surface area contributed by atoms with Crippen molar-refractivity contribution in [3.05, 3.63) is 75.4 Å². The van der Waals surface area contributed by atoms with E-state index in [4.69, 9.17) is 4.74 Å². The number of amidine groups is 1. The van der Waals surface area contributed by atoms with Crippen molar-refractivity contribution in [2.24, 2.45) is 4.99 Å². The first-order chi connectivity index (χ1) is 12.5. The summed E-state index contributed by atoms with van der Waals surface area (Å²) in [6, 6.07) is 9.66. The molecule has 0 fully saturated rings. The summed E-state index contributed by atoms with van der Waals surface area (Å²) in [7, 11) is 0. The number of aliphatic imine (C=N–C) groups is 1. The number of nitrogens with one attached hydrogen (secondary N) is 1. The quantitative estimate of drug-likeness (QED) is 0.765. The minimum atomic E-state index is -0.637. The van der Waals surface area contributed by atoms with Crippen LogP contribution in [0.15, 0.2) is 63.3 Å². The second-order valence-corrected chi connectivity index (χ2v) is 6.47. The molecule has 2 heterocycles. The maximum absolute atomic E-state index is 14.2. The summed E-state index contributed by atoms with van der Waals surface area (Å²) in [5, 5.41) is 2.99. The Hall–Kier alpha value is -2.54. The zero-order valence-corrected chi connectivity index (χ0v) is 15.9. The van der Waals surface area contributed by atoms with Crippen LogP contribution in [0.5, 0.6) is 0 Å². The van der Waals surface area contributed by atoms with Gasteiger partial charge < -0.3 is 10.1 Å². The van der Waals surface area contributed by atoms with Crippen LogP contribution in [-0.4, -0.2) is 23.4 Å². The SMILES string of the molecule is CCOC(=O)C1=C(C)NC(c2ncccc2F)=NC1c1ccccc1Br. The molecule has 1 aliphatic heterocycles. The van der Waals surface area contributed by atoms with Crippen LogP contribution in [-0.2, 0) is 9.53 Å². The highest BCUT2D eigenvalue weighted by Gasteiger charge is 2.32. The molecule has 26 heavy (non-hydrogen) atoms. The van der Waals surface area contributed by atoms with Gasteiger partial charge in [0.15, 0.2) is 11.7 Å². The number of nitrogens with zero attached hydrogens (tertiary/aromatic N) is 2. The number of esters is 1. The lowest BCUT2D eigenvalue weighted by Crippen LogP contribution is -2.34. The molecular formula is C19H17BrFN3O2. The van der Waals surface area contributed by atoms with Crippen molar-refractivity contribution in [3.8, 4) is 0 Å². The Morgan fingerprint density at radius 1 is 1.31 bits per heavy atom. The Kier molecular flexibility index (Phi) is 5.46. The molecule has 1 aliphatic rings. The number of carbonyl (C=O) groups is 1. The van der Waals surface area contributed by atoms with E-state index in [1.165, 1.54) is 18.3 Å². The molecule has 7 heteroatoms. The van der Waals surface area contributed by atoms with Crippen LogP contribution < -0.4 is 5.32 Å². The van der Waals surface area contributed by atoms with E-state index in [0.717, 1.165) is 10.0 Å². The zero-order valence-electron chi connectivity index (χ0n) is 14.3. The first kappa shape index (κ1) is 18.3. The summed E-state index contributed by atoms with van der Waals surface area (Å²) in [4.78, 5) is 21.2. The van der Waals surface area contributed by atoms with Crippen molar-refractivity contribution >= 4 is 27.7 Å². The molecule has 3 rings (SSSR count). The van der Waals surface area contributed by atoms with Crippen LogP contribution in [0, 0.1) is 5.82 Å². The van der Waals surface area contributed by atoms with Crippen molar-refractivity contribution in [2.75, 3.05) is 6.61 Å². The Labute approximate surface area is 159 Å². The molecule has 0 spiro atoms. The van der Waals surface area contributed by atoms with Gasteiger partial charge in [-0.15, -0.1) is 0 Å². The van der Waals surface area contributed by atoms with E-state index >= 15 is 0 Å². The van der Waals surface area contributed by atoms with Gasteiger partial charge in [-0.2, -0.15) is 0 Å². The fourth-order valence-corrected chi connectivity index (χ4v) is 3.25. The lowest BCUT2D eigenvalue weighted by atomic mass is 9.96. The molecule has 0 aliphatic carbocycles. The molecule has 5 nitrogen and oxygen atoms in total. The Balaban J connectivity index is 2.14. The molecule has 1 atom stereocenters. The number of aromatic nitrogens is 1. The molecule has 2 aromatic rings. The van der Waals surface area contributed by atoms with E-state index < -0.39 is 17.8 Å². The minimum absolute atomic E-state index is 0.104. The summed E-state index contributed by atoms with van der Waals surface area (Å²) in [5.41, 5.74) is 1.83. The number of pyridine rings is 1. The summed E-state index contributed by atoms with van der Waals surface area (Å²) in [6.07, 6.45) is 1.50. The fourth-order valence-electron chi connectivity index (χ4n) is 2.75. The molecule has 0 saturated carbocycles. The third-order valence-electron chi connectivity index (χ3n) is 3.92. The molecule has 1 aromatic carbocycles. The van der Waals surface area contributed by atoms with E-state index in [1.807, 2.05) is 24.3 Å². The standard InChI is InChI=1S/C19H17BrFN3O2/c1-3-26-19(25)15-11(2)23-18(17-14(21)9-6-10-22-17)24-16(15)12-7-4-5-8-13(12)20/h4-10,16H,3H2,1-2H3,(H,23,24). The van der Waals surface area contributed by atoms with Crippen molar-refractivity contribution in [1.29, 1.82) is 0 Å². The summed E-state index contributed by atoms with van der Waals surface area (Å²) < 4.78 is 20.2. The number of hydrogen-bond donors (Lipinski definition) is 1. The number of ether oxygens (including phenoxy) is 1. The molecule has 0 radical (unpaired) electrons. The van der Waals surface area contributed by atoms with Gasteiger partial charge in [-0.05, 0) is 37.6 Å². The smallest absolute Gasteiger partial charge is 0.338 e. The normalized spacial score (nSPS) is 16.8. The Morgan fingerprint density at radius 2 is 2.08 bits per heavy atom. The number of allylic oxidation sites excluding steroid dienone is 1. The molecular weight excluding hydrogens is 401 g/mol. The maximum Gasteiger partial charge on any atom is 0.338 e. The van der Waals surface area contributed by atoms with Gasteiger partial charge in [0, 0.05) is 16.4 Å². The molecule has 0 bridgehead atoms. The van der Waals surface area contributed by atoms with E-state index in [2.05, 4.69) is 31.2 Å². The zero-order chi connectivity index (χ0) is 18.7. The number of benzene rings is 1. The average Bonchev–Trinajstić information content (AvgIpc) is 2.62. The third kappa shape index (κ3) is 3.53. The van der Waals surface area contributed by atoms with Gasteiger partial charge >= 0.3 is 5.97 Å². The van der Waals surface area contributed by atoms with Crippen LogP contribution in [0.1, 0.15) is 31.1 Å². The van der Waals surface area contributed by atoms with Crippen molar-refractivity contribution in [1.82, 2.24) is 10.3 Å². The first-order valence-electron chi connectivity index (χ1n) is 8.11. The van der Waals surface area contributed by atoms with Crippen molar-refractivity contribution < 1.29 is 13.9 Å². The van der Waals surface area contributed by atoms with Gasteiger partial charge in [-0.3, -0.25) is 4.99 Å². The van der Waals surface area contributed by atoms with E-state index in [9.17, 15) is 9.18 Å². The van der Waals surface area contributed by atoms with Crippen LogP contribution in [0.25, 0.3) is 0 Å². The molecule has 1 unspecified atom stereocenters. The minimum Gasteiger partial charge on any atom is -0.463 e. The average molecular weight is 418 g/mol. The predicted octanol–water partition coefficient (Wildman–Crippen LogP) is 3.91. The van der Waals surface area contributed by atoms with E-state index in [1.54, 1.807) is 13.8 Å². The Morgan fingerprint density at radius 3 is 2.77 bits per heavy atom. The van der Waals surface area contributed by atoms with Gasteiger partial charge in [0.05, 0.1) is 12.2 Å². The molecule has 1 aromatic heterocycles. The first-order valence-corrected chi connectivity index (χ1v) is 8.90. The highest BCUT2D eigenvalue weighted by molar-refractivity contribution is 9.10. The van der Waals surface area contributed by atoms with Gasteiger partial charge in [-0.25, -0.2) is 14.2 Å². The molecule has 134 valence electrons. The summed E-state index contributed by atoms with van der Waals surface area (Å²) in [6.45, 7) is 3.74. The maximum atomic E-state index is 14.2. The summed E-state index contributed by atoms with van der Waals surface area (Å²) >= 11 is 3.50. The predicted molar refractivity (Wildman–Crippen MR) is 100 cm³/mol. The third-order valence-corrected chi connectivity index (χ3v) is 4.64. The molecule has 0 saturated heterocycles. The van der Waals surface area contributed by atoms with Crippen LogP contribution >= 0.6 is 15.9 Å². The van der Waals surface area contributed by atoms with Gasteiger partial charge in [-0.1, -0.05) is 34.1 Å². The lowest BCUT2D eigenvalue weighted by Gasteiger charge is -2.26.